The van der Waals surface area contributed by atoms with Crippen LogP contribution in [0.25, 0.3) is 0 Å². The van der Waals surface area contributed by atoms with Crippen molar-refractivity contribution in [2.45, 2.75) is 30.4 Å². The summed E-state index contributed by atoms with van der Waals surface area (Å²) in [4.78, 5) is 18.3. The lowest BCUT2D eigenvalue weighted by molar-refractivity contribution is 0.340. The summed E-state index contributed by atoms with van der Waals surface area (Å²) in [5, 5.41) is 10.5. The molecule has 3 aromatic rings. The van der Waals surface area contributed by atoms with Crippen molar-refractivity contribution in [3.05, 3.63) is 81.9 Å². The molecule has 2 aromatic carbocycles. The molecule has 0 unspecified atom stereocenters. The lowest BCUT2D eigenvalue weighted by Gasteiger charge is -2.16. The molecule has 0 bridgehead atoms. The number of rotatable bonds is 4. The summed E-state index contributed by atoms with van der Waals surface area (Å²) in [6, 6.07) is 17.2. The molecule has 0 fully saturated rings. The van der Waals surface area contributed by atoms with Crippen LogP contribution in [0.3, 0.4) is 0 Å². The molecule has 1 N–H and O–H groups in total. The van der Waals surface area contributed by atoms with E-state index in [2.05, 4.69) is 0 Å². The number of nitrogens with zero attached hydrogens (tertiary/aromatic N) is 1. The fourth-order valence-corrected chi connectivity index (χ4v) is 4.59. The third kappa shape index (κ3) is 4.07. The van der Waals surface area contributed by atoms with Gasteiger partial charge < -0.3 is 14.3 Å². The van der Waals surface area contributed by atoms with Gasteiger partial charge in [-0.05, 0) is 43.7 Å². The summed E-state index contributed by atoms with van der Waals surface area (Å²) in [5.74, 6) is 1.08. The number of aryl methyl sites for hydroxylation is 1. The number of ether oxygens (including phenoxy) is 1. The Hall–Kier alpha value is -2.99. The Bertz CT molecular complexity index is 1120. The summed E-state index contributed by atoms with van der Waals surface area (Å²) >= 11 is 1.69. The van der Waals surface area contributed by atoms with E-state index in [9.17, 15) is 9.90 Å². The SMILES string of the molecule is CCOc1ccc([C@H]2CC(c3c(O)cc(C)oc3=O)=Nc3ccccc3S2)cc1. The zero-order valence-corrected chi connectivity index (χ0v) is 17.0. The minimum Gasteiger partial charge on any atom is -0.507 e. The Balaban J connectivity index is 1.79. The number of aromatic hydroxyl groups is 1. The molecule has 0 radical (unpaired) electrons. The van der Waals surface area contributed by atoms with Gasteiger partial charge in [-0.1, -0.05) is 24.3 Å². The van der Waals surface area contributed by atoms with E-state index in [4.69, 9.17) is 14.1 Å². The Morgan fingerprint density at radius 1 is 1.21 bits per heavy atom. The maximum atomic E-state index is 12.5. The minimum atomic E-state index is -0.573. The number of aliphatic imine (C=N–C) groups is 1. The smallest absolute Gasteiger partial charge is 0.348 e. The highest BCUT2D eigenvalue weighted by Gasteiger charge is 2.26. The van der Waals surface area contributed by atoms with Gasteiger partial charge in [0.1, 0.15) is 22.8 Å². The molecule has 0 amide bonds. The highest BCUT2D eigenvalue weighted by molar-refractivity contribution is 7.99. The van der Waals surface area contributed by atoms with Gasteiger partial charge in [-0.2, -0.15) is 0 Å². The maximum Gasteiger partial charge on any atom is 0.348 e. The van der Waals surface area contributed by atoms with Gasteiger partial charge >= 0.3 is 5.63 Å². The minimum absolute atomic E-state index is 0.0215. The first kappa shape index (κ1) is 19.3. The normalized spacial score (nSPS) is 15.9. The van der Waals surface area contributed by atoms with E-state index < -0.39 is 5.63 Å². The largest absolute Gasteiger partial charge is 0.507 e. The summed E-state index contributed by atoms with van der Waals surface area (Å²) in [5.41, 5.74) is 1.95. The average Bonchev–Trinajstić information content (AvgIpc) is 2.87. The first-order chi connectivity index (χ1) is 14.0. The number of thioether (sulfide) groups is 1. The molecule has 5 nitrogen and oxygen atoms in total. The van der Waals surface area contributed by atoms with E-state index >= 15 is 0 Å². The molecule has 148 valence electrons. The lowest BCUT2D eigenvalue weighted by Crippen LogP contribution is -2.17. The third-order valence-corrected chi connectivity index (χ3v) is 6.00. The van der Waals surface area contributed by atoms with Crippen LogP contribution < -0.4 is 10.4 Å². The van der Waals surface area contributed by atoms with Crippen LogP contribution in [0.4, 0.5) is 5.69 Å². The first-order valence-electron chi connectivity index (χ1n) is 9.45. The van der Waals surface area contributed by atoms with Gasteiger partial charge in [-0.25, -0.2) is 4.79 Å². The van der Waals surface area contributed by atoms with Gasteiger partial charge in [-0.3, -0.25) is 4.99 Å². The van der Waals surface area contributed by atoms with E-state index in [1.54, 1.807) is 18.7 Å². The molecule has 0 spiro atoms. The topological polar surface area (TPSA) is 72.0 Å². The van der Waals surface area contributed by atoms with Crippen molar-refractivity contribution in [2.24, 2.45) is 4.99 Å². The molecular weight excluding hydrogens is 386 g/mol. The predicted molar refractivity (Wildman–Crippen MR) is 115 cm³/mol. The van der Waals surface area contributed by atoms with Crippen molar-refractivity contribution in [3.63, 3.8) is 0 Å². The van der Waals surface area contributed by atoms with Crippen LogP contribution in [0, 0.1) is 6.92 Å². The Morgan fingerprint density at radius 3 is 2.69 bits per heavy atom. The molecule has 1 atom stereocenters. The molecule has 1 aliphatic rings. The standard InChI is InChI=1S/C23H21NO4S/c1-3-27-16-10-8-15(9-11-16)21-13-18(22-19(25)12-14(2)28-23(22)26)24-17-6-4-5-7-20(17)29-21/h4-12,21,25H,3,13H2,1-2H3/t21-/m1/s1. The average molecular weight is 407 g/mol. The van der Waals surface area contributed by atoms with E-state index in [-0.39, 0.29) is 16.6 Å². The van der Waals surface area contributed by atoms with Gasteiger partial charge in [0, 0.05) is 22.6 Å². The highest BCUT2D eigenvalue weighted by atomic mass is 32.2. The summed E-state index contributed by atoms with van der Waals surface area (Å²) in [6.07, 6.45) is 0.481. The zero-order valence-electron chi connectivity index (χ0n) is 16.2. The third-order valence-electron chi connectivity index (χ3n) is 4.67. The molecule has 6 heteroatoms. The van der Waals surface area contributed by atoms with Gasteiger partial charge in [0.2, 0.25) is 0 Å². The van der Waals surface area contributed by atoms with Crippen LogP contribution >= 0.6 is 11.8 Å². The number of benzene rings is 2. The van der Waals surface area contributed by atoms with Crippen LogP contribution in [-0.2, 0) is 0 Å². The van der Waals surface area contributed by atoms with E-state index in [1.807, 2.05) is 55.5 Å². The summed E-state index contributed by atoms with van der Waals surface area (Å²) in [7, 11) is 0. The van der Waals surface area contributed by atoms with E-state index in [0.29, 0.717) is 24.5 Å². The monoisotopic (exact) mass is 407 g/mol. The van der Waals surface area contributed by atoms with Crippen LogP contribution in [0.5, 0.6) is 11.5 Å². The van der Waals surface area contributed by atoms with Crippen molar-refractivity contribution < 1.29 is 14.3 Å². The molecule has 0 saturated carbocycles. The molecule has 0 aliphatic carbocycles. The number of para-hydroxylation sites is 1. The fourth-order valence-electron chi connectivity index (χ4n) is 3.36. The second-order valence-electron chi connectivity index (χ2n) is 6.74. The van der Waals surface area contributed by atoms with E-state index in [1.165, 1.54) is 6.07 Å². The molecule has 1 aliphatic heterocycles. The predicted octanol–water partition coefficient (Wildman–Crippen LogP) is 5.41. The maximum absolute atomic E-state index is 12.5. The van der Waals surface area contributed by atoms with Crippen LogP contribution in [0.15, 0.2) is 73.7 Å². The molecule has 29 heavy (non-hydrogen) atoms. The summed E-state index contributed by atoms with van der Waals surface area (Å²) in [6.45, 7) is 4.20. The van der Waals surface area contributed by atoms with E-state index in [0.717, 1.165) is 21.9 Å². The van der Waals surface area contributed by atoms with Gasteiger partial charge in [-0.15, -0.1) is 11.8 Å². The van der Waals surface area contributed by atoms with Crippen molar-refractivity contribution in [2.75, 3.05) is 6.61 Å². The van der Waals surface area contributed by atoms with Gasteiger partial charge in [0.25, 0.3) is 0 Å². The molecule has 1 aromatic heterocycles. The quantitative estimate of drug-likeness (QED) is 0.626. The molecule has 4 rings (SSSR count). The number of fused-ring (bicyclic) bond motifs is 1. The van der Waals surface area contributed by atoms with Crippen molar-refractivity contribution in [1.29, 1.82) is 0 Å². The summed E-state index contributed by atoms with van der Waals surface area (Å²) < 4.78 is 10.8. The Kier molecular flexibility index (Phi) is 5.45. The molecule has 2 heterocycles. The van der Waals surface area contributed by atoms with Crippen molar-refractivity contribution >= 4 is 23.2 Å². The zero-order chi connectivity index (χ0) is 20.4. The number of hydrogen-bond acceptors (Lipinski definition) is 6. The van der Waals surface area contributed by atoms with Crippen molar-refractivity contribution in [1.82, 2.24) is 0 Å². The van der Waals surface area contributed by atoms with Crippen LogP contribution in [-0.4, -0.2) is 17.4 Å². The van der Waals surface area contributed by atoms with Gasteiger partial charge in [0.05, 0.1) is 18.0 Å². The number of hydrogen-bond donors (Lipinski definition) is 1. The Morgan fingerprint density at radius 2 is 1.97 bits per heavy atom. The highest BCUT2D eigenvalue weighted by Crippen LogP contribution is 2.46. The second kappa shape index (κ2) is 8.17. The fraction of sp³-hybridized carbons (Fsp3) is 0.217. The van der Waals surface area contributed by atoms with Crippen LogP contribution in [0.2, 0.25) is 0 Å². The van der Waals surface area contributed by atoms with Gasteiger partial charge in [0.15, 0.2) is 0 Å². The lowest BCUT2D eigenvalue weighted by atomic mass is 10.0. The van der Waals surface area contributed by atoms with Crippen LogP contribution in [0.1, 0.15) is 35.5 Å². The molecule has 0 saturated heterocycles. The molecular formula is C23H21NO4S. The Labute approximate surface area is 173 Å². The second-order valence-corrected chi connectivity index (χ2v) is 7.99. The first-order valence-corrected chi connectivity index (χ1v) is 10.3. The van der Waals surface area contributed by atoms with Crippen molar-refractivity contribution in [3.8, 4) is 11.5 Å².